The van der Waals surface area contributed by atoms with Crippen molar-refractivity contribution in [3.63, 3.8) is 0 Å². The number of rotatable bonds is 6. The summed E-state index contributed by atoms with van der Waals surface area (Å²) in [5.41, 5.74) is 0.718. The lowest BCUT2D eigenvalue weighted by Crippen LogP contribution is -2.46. The molecule has 2 saturated heterocycles. The van der Waals surface area contributed by atoms with Crippen LogP contribution in [0.3, 0.4) is 0 Å². The maximum absolute atomic E-state index is 12.7. The van der Waals surface area contributed by atoms with E-state index in [0.29, 0.717) is 26.2 Å². The van der Waals surface area contributed by atoms with E-state index in [1.54, 1.807) is 21.9 Å². The van der Waals surface area contributed by atoms with Gasteiger partial charge in [0.05, 0.1) is 0 Å². The summed E-state index contributed by atoms with van der Waals surface area (Å²) >= 11 is 0. The number of aromatic nitrogens is 4. The maximum Gasteiger partial charge on any atom is 0.244 e. The highest BCUT2D eigenvalue weighted by Crippen LogP contribution is 2.40. The Bertz CT molecular complexity index is 1080. The number of carbonyl (C=O) groups excluding carboxylic acids is 2. The molecular formula is C21H26N6O4S. The summed E-state index contributed by atoms with van der Waals surface area (Å²) in [6, 6.07) is 9.11. The molecule has 0 radical (unpaired) electrons. The van der Waals surface area contributed by atoms with Crippen molar-refractivity contribution in [3.05, 3.63) is 47.6 Å². The minimum absolute atomic E-state index is 0.0330. The zero-order valence-electron chi connectivity index (χ0n) is 17.7. The zero-order valence-corrected chi connectivity index (χ0v) is 18.5. The molecular weight excluding hydrogens is 432 g/mol. The molecule has 0 aliphatic carbocycles. The molecule has 11 heteroatoms. The highest BCUT2D eigenvalue weighted by molar-refractivity contribution is 7.95. The van der Waals surface area contributed by atoms with Gasteiger partial charge in [-0.05, 0) is 46.7 Å². The van der Waals surface area contributed by atoms with Gasteiger partial charge in [0.1, 0.15) is 18.6 Å². The fraction of sp³-hybridized carbons (Fsp3) is 0.476. The molecule has 4 rings (SSSR count). The molecule has 2 aliphatic rings. The number of hydrogen-bond donors (Lipinski definition) is 0. The number of piperidine rings is 1. The monoisotopic (exact) mass is 458 g/mol. The molecule has 0 unspecified atom stereocenters. The van der Waals surface area contributed by atoms with Gasteiger partial charge in [0, 0.05) is 31.6 Å². The Kier molecular flexibility index (Phi) is 6.35. The van der Waals surface area contributed by atoms with E-state index in [4.69, 9.17) is 0 Å². The Hall–Kier alpha value is -3.08. The van der Waals surface area contributed by atoms with Crippen LogP contribution in [-0.2, 0) is 26.0 Å². The van der Waals surface area contributed by atoms with Gasteiger partial charge in [-0.25, -0.2) is 13.1 Å². The van der Waals surface area contributed by atoms with E-state index in [2.05, 4.69) is 15.5 Å². The molecule has 1 aromatic heterocycles. The van der Waals surface area contributed by atoms with E-state index in [1.165, 1.54) is 17.1 Å². The Morgan fingerprint density at radius 2 is 1.69 bits per heavy atom. The van der Waals surface area contributed by atoms with E-state index in [1.807, 2.05) is 18.2 Å². The van der Waals surface area contributed by atoms with Crippen LogP contribution in [0.2, 0.25) is 0 Å². The smallest absolute Gasteiger partial charge is 0.244 e. The predicted molar refractivity (Wildman–Crippen MR) is 117 cm³/mol. The normalized spacial score (nSPS) is 18.5. The fourth-order valence-electron chi connectivity index (χ4n) is 4.34. The fourth-order valence-corrected chi connectivity index (χ4v) is 5.32. The molecule has 3 heterocycles. The number of tetrazole rings is 1. The van der Waals surface area contributed by atoms with Gasteiger partial charge in [-0.2, -0.15) is 0 Å². The molecule has 1 spiro atoms. The molecule has 170 valence electrons. The van der Waals surface area contributed by atoms with Crippen LogP contribution in [0.25, 0.3) is 6.08 Å². The Balaban J connectivity index is 1.28. The molecule has 10 nitrogen and oxygen atoms in total. The molecule has 0 N–H and O–H groups in total. The third-order valence-corrected chi connectivity index (χ3v) is 7.45. The average Bonchev–Trinajstić information content (AvgIpc) is 3.44. The minimum atomic E-state index is -3.65. The second-order valence-electron chi connectivity index (χ2n) is 8.47. The number of benzene rings is 1. The number of likely N-dealkylation sites (tertiary alicyclic amines) is 2. The van der Waals surface area contributed by atoms with Crippen LogP contribution < -0.4 is 0 Å². The van der Waals surface area contributed by atoms with E-state index >= 15 is 0 Å². The molecule has 0 saturated carbocycles. The molecule has 0 atom stereocenters. The molecule has 2 amide bonds. The van der Waals surface area contributed by atoms with Crippen molar-refractivity contribution in [1.82, 2.24) is 30.0 Å². The largest absolute Gasteiger partial charge is 0.341 e. The van der Waals surface area contributed by atoms with Crippen LogP contribution in [0.4, 0.5) is 0 Å². The summed E-state index contributed by atoms with van der Waals surface area (Å²) in [4.78, 5) is 28.6. The van der Waals surface area contributed by atoms with Gasteiger partial charge >= 0.3 is 0 Å². The van der Waals surface area contributed by atoms with Crippen molar-refractivity contribution in [1.29, 1.82) is 0 Å². The van der Waals surface area contributed by atoms with E-state index in [0.717, 1.165) is 30.2 Å². The number of nitrogens with zero attached hydrogens (tertiary/aromatic N) is 6. The molecule has 2 fully saturated rings. The summed E-state index contributed by atoms with van der Waals surface area (Å²) in [5, 5.41) is 11.9. The van der Waals surface area contributed by atoms with Crippen LogP contribution in [0.5, 0.6) is 0 Å². The first-order chi connectivity index (χ1) is 15.3. The van der Waals surface area contributed by atoms with Gasteiger partial charge in [0.2, 0.25) is 11.8 Å². The Morgan fingerprint density at radius 3 is 2.34 bits per heavy atom. The van der Waals surface area contributed by atoms with Gasteiger partial charge in [-0.3, -0.25) is 9.59 Å². The second kappa shape index (κ2) is 9.19. The van der Waals surface area contributed by atoms with Crippen LogP contribution in [-0.4, -0.2) is 82.2 Å². The topological polar surface area (TPSA) is 118 Å². The minimum Gasteiger partial charge on any atom is -0.341 e. The first-order valence-electron chi connectivity index (χ1n) is 10.6. The van der Waals surface area contributed by atoms with Gasteiger partial charge in [0.15, 0.2) is 9.84 Å². The van der Waals surface area contributed by atoms with Gasteiger partial charge in [-0.15, -0.1) is 5.10 Å². The maximum atomic E-state index is 12.7. The molecule has 32 heavy (non-hydrogen) atoms. The summed E-state index contributed by atoms with van der Waals surface area (Å²) in [6.45, 7) is 2.43. The average molecular weight is 459 g/mol. The van der Waals surface area contributed by atoms with Crippen molar-refractivity contribution in [3.8, 4) is 0 Å². The van der Waals surface area contributed by atoms with Crippen LogP contribution in [0, 0.1) is 5.41 Å². The predicted octanol–water partition coefficient (Wildman–Crippen LogP) is 0.600. The number of amides is 2. The number of sulfone groups is 1. The van der Waals surface area contributed by atoms with Gasteiger partial charge in [0.25, 0.3) is 0 Å². The standard InChI is InChI=1S/C21H26N6O4S/c28-19(14-27-17-22-23-24-27)25-10-7-21(8-11-25)9-12-26(16-21)20(29)15-32(30,31)13-6-18-4-2-1-3-5-18/h1-6,13,17H,7-12,14-16H2/b13-6+. The van der Waals surface area contributed by atoms with Crippen LogP contribution in [0.15, 0.2) is 42.1 Å². The van der Waals surface area contributed by atoms with E-state index < -0.39 is 15.6 Å². The van der Waals surface area contributed by atoms with Crippen molar-refractivity contribution in [2.24, 2.45) is 5.41 Å². The first-order valence-corrected chi connectivity index (χ1v) is 12.3. The summed E-state index contributed by atoms with van der Waals surface area (Å²) in [7, 11) is -3.65. The lowest BCUT2D eigenvalue weighted by Gasteiger charge is -2.39. The van der Waals surface area contributed by atoms with Crippen LogP contribution in [0.1, 0.15) is 24.8 Å². The van der Waals surface area contributed by atoms with Crippen molar-refractivity contribution < 1.29 is 18.0 Å². The first kappa shape index (κ1) is 22.1. The summed E-state index contributed by atoms with van der Waals surface area (Å²) in [5.74, 6) is -0.922. The highest BCUT2D eigenvalue weighted by atomic mass is 32.2. The Morgan fingerprint density at radius 1 is 1.00 bits per heavy atom. The van der Waals surface area contributed by atoms with Crippen molar-refractivity contribution in [2.45, 2.75) is 25.8 Å². The molecule has 0 bridgehead atoms. The van der Waals surface area contributed by atoms with Crippen molar-refractivity contribution >= 4 is 27.7 Å². The zero-order chi connectivity index (χ0) is 22.6. The lowest BCUT2D eigenvalue weighted by molar-refractivity contribution is -0.135. The number of hydrogen-bond acceptors (Lipinski definition) is 7. The molecule has 1 aromatic carbocycles. The molecule has 2 aliphatic heterocycles. The molecule has 2 aromatic rings. The Labute approximate surface area is 186 Å². The summed E-state index contributed by atoms with van der Waals surface area (Å²) in [6.07, 6.45) is 5.33. The second-order valence-corrected chi connectivity index (χ2v) is 10.4. The van der Waals surface area contributed by atoms with Crippen LogP contribution >= 0.6 is 0 Å². The number of carbonyl (C=O) groups is 2. The van der Waals surface area contributed by atoms with Gasteiger partial charge < -0.3 is 9.80 Å². The van der Waals surface area contributed by atoms with E-state index in [-0.39, 0.29) is 23.8 Å². The summed E-state index contributed by atoms with van der Waals surface area (Å²) < 4.78 is 26.2. The SMILES string of the molecule is O=C(Cn1cnnn1)N1CCC2(CC1)CCN(C(=O)CS(=O)(=O)/C=C/c1ccccc1)C2. The quantitative estimate of drug-likeness (QED) is 0.622. The van der Waals surface area contributed by atoms with E-state index in [9.17, 15) is 18.0 Å². The third kappa shape index (κ3) is 5.39. The lowest BCUT2D eigenvalue weighted by atomic mass is 9.78. The highest BCUT2D eigenvalue weighted by Gasteiger charge is 2.43. The van der Waals surface area contributed by atoms with Gasteiger partial charge in [-0.1, -0.05) is 30.3 Å². The third-order valence-electron chi connectivity index (χ3n) is 6.25. The van der Waals surface area contributed by atoms with Crippen molar-refractivity contribution in [2.75, 3.05) is 31.9 Å².